The number of ether oxygens (including phenoxy) is 2. The minimum absolute atomic E-state index is 0.101. The number of nitrogens with two attached hydrogens (primary N) is 1. The number of aromatic nitrogens is 2. The Hall–Kier alpha value is -2.37. The van der Waals surface area contributed by atoms with Gasteiger partial charge in [-0.3, -0.25) is 5.10 Å². The van der Waals surface area contributed by atoms with Crippen LogP contribution in [0.2, 0.25) is 0 Å². The van der Waals surface area contributed by atoms with Gasteiger partial charge in [0.15, 0.2) is 11.5 Å². The molecule has 0 fully saturated rings. The summed E-state index contributed by atoms with van der Waals surface area (Å²) in [5, 5.41) is 10.1. The zero-order valence-electron chi connectivity index (χ0n) is 10.6. The molecule has 4 N–H and O–H groups in total. The number of hydrogen-bond acceptors (Lipinski definition) is 5. The van der Waals surface area contributed by atoms with Gasteiger partial charge in [-0.1, -0.05) is 0 Å². The third-order valence-electron chi connectivity index (χ3n) is 3.11. The standard InChI is InChI=1S/C13H16N4O2/c1-8(9-6-15-16-7-9)17-11-5-13-12(4-10(11)14)18-2-3-19-13/h4-8,17H,2-3,14H2,1H3,(H,15,16). The number of nitrogens with one attached hydrogen (secondary N) is 2. The average Bonchev–Trinajstić information content (AvgIpc) is 2.93. The van der Waals surface area contributed by atoms with Crippen LogP contribution in [-0.4, -0.2) is 23.4 Å². The fourth-order valence-electron chi connectivity index (χ4n) is 2.04. The van der Waals surface area contributed by atoms with E-state index in [1.807, 2.05) is 19.2 Å². The van der Waals surface area contributed by atoms with E-state index in [0.29, 0.717) is 24.7 Å². The largest absolute Gasteiger partial charge is 0.486 e. The molecule has 0 radical (unpaired) electrons. The highest BCUT2D eigenvalue weighted by Gasteiger charge is 2.16. The first-order valence-electron chi connectivity index (χ1n) is 6.18. The van der Waals surface area contributed by atoms with Gasteiger partial charge >= 0.3 is 0 Å². The van der Waals surface area contributed by atoms with E-state index in [9.17, 15) is 0 Å². The van der Waals surface area contributed by atoms with Gasteiger partial charge in [-0.25, -0.2) is 0 Å². The summed E-state index contributed by atoms with van der Waals surface area (Å²) in [4.78, 5) is 0. The Kier molecular flexibility index (Phi) is 2.91. The van der Waals surface area contributed by atoms with Crippen LogP contribution in [0.15, 0.2) is 24.5 Å². The van der Waals surface area contributed by atoms with Crippen molar-refractivity contribution in [2.24, 2.45) is 0 Å². The molecule has 1 aliphatic heterocycles. The summed E-state index contributed by atoms with van der Waals surface area (Å²) in [5.41, 5.74) is 8.56. The number of fused-ring (bicyclic) bond motifs is 1. The quantitative estimate of drug-likeness (QED) is 0.734. The Morgan fingerprint density at radius 1 is 1.32 bits per heavy atom. The molecule has 6 nitrogen and oxygen atoms in total. The summed E-state index contributed by atoms with van der Waals surface area (Å²) in [6.07, 6.45) is 3.64. The second-order valence-corrected chi connectivity index (χ2v) is 4.48. The van der Waals surface area contributed by atoms with Gasteiger partial charge in [0.2, 0.25) is 0 Å². The minimum Gasteiger partial charge on any atom is -0.486 e. The predicted octanol–water partition coefficient (Wildman–Crippen LogP) is 1.94. The van der Waals surface area contributed by atoms with Gasteiger partial charge in [-0.05, 0) is 6.92 Å². The van der Waals surface area contributed by atoms with Crippen molar-refractivity contribution in [1.29, 1.82) is 0 Å². The summed E-state index contributed by atoms with van der Waals surface area (Å²) in [6, 6.07) is 3.77. The molecular weight excluding hydrogens is 244 g/mol. The second kappa shape index (κ2) is 4.72. The van der Waals surface area contributed by atoms with E-state index in [1.54, 1.807) is 12.3 Å². The molecule has 0 aliphatic carbocycles. The molecule has 6 heteroatoms. The Morgan fingerprint density at radius 3 is 2.74 bits per heavy atom. The maximum absolute atomic E-state index is 6.02. The van der Waals surface area contributed by atoms with Crippen LogP contribution in [0.4, 0.5) is 11.4 Å². The fraction of sp³-hybridized carbons (Fsp3) is 0.308. The Labute approximate surface area is 110 Å². The normalized spacial score (nSPS) is 15.0. The lowest BCUT2D eigenvalue weighted by Crippen LogP contribution is -2.16. The molecule has 3 rings (SSSR count). The minimum atomic E-state index is 0.101. The molecule has 2 aromatic rings. The number of hydrogen-bond donors (Lipinski definition) is 3. The number of nitrogen functional groups attached to an aromatic ring is 1. The predicted molar refractivity (Wildman–Crippen MR) is 72.5 cm³/mol. The van der Waals surface area contributed by atoms with Crippen molar-refractivity contribution in [3.63, 3.8) is 0 Å². The van der Waals surface area contributed by atoms with Crippen molar-refractivity contribution in [3.05, 3.63) is 30.1 Å². The summed E-state index contributed by atoms with van der Waals surface area (Å²) >= 11 is 0. The van der Waals surface area contributed by atoms with Gasteiger partial charge in [-0.2, -0.15) is 5.10 Å². The van der Waals surface area contributed by atoms with E-state index < -0.39 is 0 Å². The van der Waals surface area contributed by atoms with Crippen molar-refractivity contribution in [1.82, 2.24) is 10.2 Å². The van der Waals surface area contributed by atoms with Gasteiger partial charge in [-0.15, -0.1) is 0 Å². The second-order valence-electron chi connectivity index (χ2n) is 4.48. The average molecular weight is 260 g/mol. The van der Waals surface area contributed by atoms with Gasteiger partial charge < -0.3 is 20.5 Å². The van der Waals surface area contributed by atoms with E-state index in [1.165, 1.54) is 0 Å². The number of aromatic amines is 1. The summed E-state index contributed by atoms with van der Waals surface area (Å²) in [6.45, 7) is 3.17. The number of H-pyrrole nitrogens is 1. The topological polar surface area (TPSA) is 85.2 Å². The molecule has 1 aromatic heterocycles. The SMILES string of the molecule is CC(Nc1cc2c(cc1N)OCCO2)c1cn[nH]c1. The molecule has 0 saturated heterocycles. The zero-order valence-corrected chi connectivity index (χ0v) is 10.6. The van der Waals surface area contributed by atoms with Crippen LogP contribution in [0.25, 0.3) is 0 Å². The molecule has 0 amide bonds. The lowest BCUT2D eigenvalue weighted by Gasteiger charge is -2.22. The van der Waals surface area contributed by atoms with Gasteiger partial charge in [0, 0.05) is 23.9 Å². The van der Waals surface area contributed by atoms with E-state index in [4.69, 9.17) is 15.2 Å². The molecule has 0 bridgehead atoms. The van der Waals surface area contributed by atoms with E-state index in [0.717, 1.165) is 17.0 Å². The summed E-state index contributed by atoms with van der Waals surface area (Å²) in [5.74, 6) is 1.42. The van der Waals surface area contributed by atoms with Crippen LogP contribution in [0, 0.1) is 0 Å². The maximum atomic E-state index is 6.02. The van der Waals surface area contributed by atoms with Gasteiger partial charge in [0.25, 0.3) is 0 Å². The third kappa shape index (κ3) is 2.29. The zero-order chi connectivity index (χ0) is 13.2. The molecule has 0 spiro atoms. The van der Waals surface area contributed by atoms with Crippen LogP contribution in [-0.2, 0) is 0 Å². The fourth-order valence-corrected chi connectivity index (χ4v) is 2.04. The molecular formula is C13H16N4O2. The van der Waals surface area contributed by atoms with E-state index in [-0.39, 0.29) is 6.04 Å². The molecule has 1 atom stereocenters. The van der Waals surface area contributed by atoms with Crippen molar-refractivity contribution in [3.8, 4) is 11.5 Å². The van der Waals surface area contributed by atoms with Crippen LogP contribution in [0.3, 0.4) is 0 Å². The highest BCUT2D eigenvalue weighted by molar-refractivity contribution is 5.72. The van der Waals surface area contributed by atoms with Crippen LogP contribution >= 0.6 is 0 Å². The first kappa shape index (κ1) is 11.7. The molecule has 1 aliphatic rings. The molecule has 19 heavy (non-hydrogen) atoms. The lowest BCUT2D eigenvalue weighted by atomic mass is 10.1. The molecule has 1 unspecified atom stereocenters. The number of nitrogens with zero attached hydrogens (tertiary/aromatic N) is 1. The highest BCUT2D eigenvalue weighted by atomic mass is 16.6. The number of rotatable bonds is 3. The molecule has 0 saturated carbocycles. The maximum Gasteiger partial charge on any atom is 0.163 e. The Morgan fingerprint density at radius 2 is 2.05 bits per heavy atom. The molecule has 1 aromatic carbocycles. The smallest absolute Gasteiger partial charge is 0.163 e. The highest BCUT2D eigenvalue weighted by Crippen LogP contribution is 2.38. The molecule has 2 heterocycles. The Balaban J connectivity index is 1.84. The van der Waals surface area contributed by atoms with Crippen LogP contribution < -0.4 is 20.5 Å². The van der Waals surface area contributed by atoms with E-state index >= 15 is 0 Å². The first-order valence-corrected chi connectivity index (χ1v) is 6.18. The number of anilines is 2. The molecule has 100 valence electrons. The summed E-state index contributed by atoms with van der Waals surface area (Å²) < 4.78 is 11.0. The van der Waals surface area contributed by atoms with Gasteiger partial charge in [0.1, 0.15) is 13.2 Å². The Bertz CT molecular complexity index is 568. The van der Waals surface area contributed by atoms with Crippen LogP contribution in [0.5, 0.6) is 11.5 Å². The number of benzene rings is 1. The third-order valence-corrected chi connectivity index (χ3v) is 3.11. The van der Waals surface area contributed by atoms with Crippen LogP contribution in [0.1, 0.15) is 18.5 Å². The van der Waals surface area contributed by atoms with Crippen molar-refractivity contribution in [2.45, 2.75) is 13.0 Å². The first-order chi connectivity index (χ1) is 9.24. The monoisotopic (exact) mass is 260 g/mol. The van der Waals surface area contributed by atoms with Crippen molar-refractivity contribution >= 4 is 11.4 Å². The van der Waals surface area contributed by atoms with Crippen molar-refractivity contribution < 1.29 is 9.47 Å². The lowest BCUT2D eigenvalue weighted by molar-refractivity contribution is 0.172. The van der Waals surface area contributed by atoms with E-state index in [2.05, 4.69) is 15.5 Å². The van der Waals surface area contributed by atoms with Crippen molar-refractivity contribution in [2.75, 3.05) is 24.3 Å². The van der Waals surface area contributed by atoms with Gasteiger partial charge in [0.05, 0.1) is 23.6 Å². The summed E-state index contributed by atoms with van der Waals surface area (Å²) in [7, 11) is 0.